The average Bonchev–Trinajstić information content (AvgIpc) is 2.88. The van der Waals surface area contributed by atoms with Crippen LogP contribution >= 0.6 is 23.2 Å². The Morgan fingerprint density at radius 3 is 2.79 bits per heavy atom. The van der Waals surface area contributed by atoms with E-state index < -0.39 is 0 Å². The molecule has 1 aromatic carbocycles. The largest absolute Gasteiger partial charge is 0.469 e. The molecule has 100 valence electrons. The van der Waals surface area contributed by atoms with Crippen LogP contribution in [-0.2, 0) is 6.42 Å². The number of furan rings is 1. The molecule has 1 amide bonds. The molecule has 2 aromatic rings. The first-order valence-electron chi connectivity index (χ1n) is 5.63. The molecule has 0 spiro atoms. The van der Waals surface area contributed by atoms with Crippen molar-refractivity contribution in [3.63, 3.8) is 0 Å². The first-order chi connectivity index (χ1) is 9.08. The van der Waals surface area contributed by atoms with Crippen LogP contribution in [0.2, 0.25) is 10.0 Å². The number of halogens is 2. The van der Waals surface area contributed by atoms with Gasteiger partial charge in [0.25, 0.3) is 5.91 Å². The van der Waals surface area contributed by atoms with Crippen LogP contribution < -0.4 is 11.1 Å². The summed E-state index contributed by atoms with van der Waals surface area (Å²) in [6.45, 7) is 0.465. The van der Waals surface area contributed by atoms with Crippen LogP contribution in [0.5, 0.6) is 0 Å². The summed E-state index contributed by atoms with van der Waals surface area (Å²) in [7, 11) is 0. The molecular formula is C13H12Cl2N2O2. The van der Waals surface area contributed by atoms with E-state index in [0.29, 0.717) is 18.5 Å². The number of rotatable bonds is 4. The summed E-state index contributed by atoms with van der Waals surface area (Å²) in [4.78, 5) is 11.9. The van der Waals surface area contributed by atoms with E-state index in [1.54, 1.807) is 12.3 Å². The third kappa shape index (κ3) is 3.43. The smallest absolute Gasteiger partial charge is 0.251 e. The first-order valence-corrected chi connectivity index (χ1v) is 6.38. The Hall–Kier alpha value is -1.65. The second-order valence-electron chi connectivity index (χ2n) is 3.95. The third-order valence-electron chi connectivity index (χ3n) is 2.56. The number of hydrogen-bond donors (Lipinski definition) is 2. The van der Waals surface area contributed by atoms with E-state index in [0.717, 1.165) is 5.76 Å². The van der Waals surface area contributed by atoms with E-state index in [4.69, 9.17) is 33.4 Å². The molecule has 1 aromatic heterocycles. The molecule has 0 atom stereocenters. The zero-order valence-corrected chi connectivity index (χ0v) is 11.5. The number of anilines is 1. The summed E-state index contributed by atoms with van der Waals surface area (Å²) in [5, 5.41) is 3.27. The van der Waals surface area contributed by atoms with E-state index in [2.05, 4.69) is 5.32 Å². The maximum absolute atomic E-state index is 11.9. The van der Waals surface area contributed by atoms with Crippen LogP contribution in [0, 0.1) is 0 Å². The van der Waals surface area contributed by atoms with Crippen molar-refractivity contribution in [1.82, 2.24) is 5.32 Å². The highest BCUT2D eigenvalue weighted by Gasteiger charge is 2.11. The van der Waals surface area contributed by atoms with Gasteiger partial charge in [-0.2, -0.15) is 0 Å². The lowest BCUT2D eigenvalue weighted by Gasteiger charge is -2.07. The molecule has 0 aliphatic heterocycles. The quantitative estimate of drug-likeness (QED) is 0.852. The van der Waals surface area contributed by atoms with Gasteiger partial charge in [-0.1, -0.05) is 23.2 Å². The number of nitrogen functional groups attached to an aromatic ring is 1. The van der Waals surface area contributed by atoms with Crippen molar-refractivity contribution in [3.8, 4) is 0 Å². The van der Waals surface area contributed by atoms with Crippen LogP contribution in [0.3, 0.4) is 0 Å². The minimum atomic E-state index is -0.253. The van der Waals surface area contributed by atoms with Crippen molar-refractivity contribution in [2.24, 2.45) is 0 Å². The van der Waals surface area contributed by atoms with Crippen LogP contribution in [-0.4, -0.2) is 12.5 Å². The van der Waals surface area contributed by atoms with Gasteiger partial charge in [0.05, 0.1) is 22.0 Å². The van der Waals surface area contributed by atoms with Crippen LogP contribution in [0.25, 0.3) is 0 Å². The third-order valence-corrected chi connectivity index (χ3v) is 3.37. The zero-order valence-electron chi connectivity index (χ0n) is 9.95. The molecule has 0 aliphatic rings. The molecule has 0 unspecified atom stereocenters. The molecule has 0 fully saturated rings. The SMILES string of the molecule is Nc1cc(C(=O)NCCc2ccco2)cc(Cl)c1Cl. The summed E-state index contributed by atoms with van der Waals surface area (Å²) in [6, 6.07) is 6.64. The molecule has 0 aliphatic carbocycles. The first kappa shape index (κ1) is 13.8. The predicted octanol–water partition coefficient (Wildman–Crippen LogP) is 3.14. The van der Waals surface area contributed by atoms with E-state index >= 15 is 0 Å². The minimum Gasteiger partial charge on any atom is -0.469 e. The van der Waals surface area contributed by atoms with Gasteiger partial charge in [-0.25, -0.2) is 0 Å². The summed E-state index contributed by atoms with van der Waals surface area (Å²) in [5.41, 5.74) is 6.32. The van der Waals surface area contributed by atoms with Crippen molar-refractivity contribution in [3.05, 3.63) is 51.9 Å². The van der Waals surface area contributed by atoms with Gasteiger partial charge in [0, 0.05) is 18.5 Å². The topological polar surface area (TPSA) is 68.3 Å². The molecule has 19 heavy (non-hydrogen) atoms. The Balaban J connectivity index is 1.96. The van der Waals surface area contributed by atoms with E-state index in [-0.39, 0.29) is 21.6 Å². The molecular weight excluding hydrogens is 287 g/mol. The maximum Gasteiger partial charge on any atom is 0.251 e. The van der Waals surface area contributed by atoms with Gasteiger partial charge in [-0.3, -0.25) is 4.79 Å². The van der Waals surface area contributed by atoms with E-state index in [9.17, 15) is 4.79 Å². The fraction of sp³-hybridized carbons (Fsp3) is 0.154. The second-order valence-corrected chi connectivity index (χ2v) is 4.73. The summed E-state index contributed by atoms with van der Waals surface area (Å²) >= 11 is 11.7. The van der Waals surface area contributed by atoms with Crippen molar-refractivity contribution >= 4 is 34.8 Å². The predicted molar refractivity (Wildman–Crippen MR) is 75.6 cm³/mol. The lowest BCUT2D eigenvalue weighted by molar-refractivity contribution is 0.0954. The van der Waals surface area contributed by atoms with Gasteiger partial charge in [0.2, 0.25) is 0 Å². The highest BCUT2D eigenvalue weighted by atomic mass is 35.5. The highest BCUT2D eigenvalue weighted by Crippen LogP contribution is 2.29. The fourth-order valence-electron chi connectivity index (χ4n) is 1.60. The Morgan fingerprint density at radius 2 is 2.16 bits per heavy atom. The Labute approximate surface area is 120 Å². The van der Waals surface area contributed by atoms with Crippen molar-refractivity contribution in [2.75, 3.05) is 12.3 Å². The minimum absolute atomic E-state index is 0.253. The van der Waals surface area contributed by atoms with Crippen LogP contribution in [0.1, 0.15) is 16.1 Å². The molecule has 3 N–H and O–H groups in total. The van der Waals surface area contributed by atoms with Gasteiger partial charge in [0.15, 0.2) is 0 Å². The van der Waals surface area contributed by atoms with Gasteiger partial charge in [-0.15, -0.1) is 0 Å². The number of hydrogen-bond acceptors (Lipinski definition) is 3. The van der Waals surface area contributed by atoms with E-state index in [1.165, 1.54) is 12.1 Å². The normalized spacial score (nSPS) is 10.4. The van der Waals surface area contributed by atoms with Crippen LogP contribution in [0.15, 0.2) is 34.9 Å². The molecule has 6 heteroatoms. The Kier molecular flexibility index (Phi) is 4.35. The number of nitrogens with one attached hydrogen (secondary N) is 1. The summed E-state index contributed by atoms with van der Waals surface area (Å²) in [5.74, 6) is 0.561. The molecule has 4 nitrogen and oxygen atoms in total. The van der Waals surface area contributed by atoms with Gasteiger partial charge in [-0.05, 0) is 24.3 Å². The van der Waals surface area contributed by atoms with Crippen molar-refractivity contribution in [1.29, 1.82) is 0 Å². The number of carbonyl (C=O) groups is 1. The zero-order chi connectivity index (χ0) is 13.8. The van der Waals surface area contributed by atoms with Crippen molar-refractivity contribution < 1.29 is 9.21 Å². The lowest BCUT2D eigenvalue weighted by Crippen LogP contribution is -2.25. The number of nitrogens with two attached hydrogens (primary N) is 1. The molecule has 1 heterocycles. The van der Waals surface area contributed by atoms with Crippen LogP contribution in [0.4, 0.5) is 5.69 Å². The van der Waals surface area contributed by atoms with Gasteiger partial charge < -0.3 is 15.5 Å². The summed E-state index contributed by atoms with van der Waals surface area (Å²) in [6.07, 6.45) is 2.21. The Bertz CT molecular complexity index is 559. The van der Waals surface area contributed by atoms with Gasteiger partial charge >= 0.3 is 0 Å². The maximum atomic E-state index is 11.9. The Morgan fingerprint density at radius 1 is 1.37 bits per heavy atom. The average molecular weight is 299 g/mol. The molecule has 0 bridgehead atoms. The molecule has 0 radical (unpaired) electrons. The molecule has 2 rings (SSSR count). The number of amides is 1. The monoisotopic (exact) mass is 298 g/mol. The van der Waals surface area contributed by atoms with Crippen molar-refractivity contribution in [2.45, 2.75) is 6.42 Å². The van der Waals surface area contributed by atoms with Gasteiger partial charge in [0.1, 0.15) is 5.76 Å². The molecule has 0 saturated carbocycles. The highest BCUT2D eigenvalue weighted by molar-refractivity contribution is 6.43. The fourth-order valence-corrected chi connectivity index (χ4v) is 1.93. The lowest BCUT2D eigenvalue weighted by atomic mass is 10.2. The summed E-state index contributed by atoms with van der Waals surface area (Å²) < 4.78 is 5.17. The standard InChI is InChI=1S/C13H12Cl2N2O2/c14-10-6-8(7-11(16)12(10)15)13(18)17-4-3-9-2-1-5-19-9/h1-2,5-7H,3-4,16H2,(H,17,18). The molecule has 0 saturated heterocycles. The van der Waals surface area contributed by atoms with E-state index in [1.807, 2.05) is 6.07 Å². The number of benzene rings is 1. The second kappa shape index (κ2) is 5.99. The number of carbonyl (C=O) groups excluding carboxylic acids is 1.